The zero-order valence-electron chi connectivity index (χ0n) is 18.1. The Bertz CT molecular complexity index is 1310. The minimum Gasteiger partial charge on any atom is -0.496 e. The molecule has 0 saturated heterocycles. The van der Waals surface area contributed by atoms with Crippen molar-refractivity contribution < 1.29 is 27.8 Å². The average Bonchev–Trinajstić information content (AvgIpc) is 2.84. The summed E-state index contributed by atoms with van der Waals surface area (Å²) in [5.41, 5.74) is 1.82. The number of rotatable bonds is 6. The Labute approximate surface area is 193 Å². The fourth-order valence-corrected chi connectivity index (χ4v) is 3.68. The van der Waals surface area contributed by atoms with Crippen LogP contribution < -0.4 is 10.1 Å². The third-order valence-corrected chi connectivity index (χ3v) is 5.47. The molecule has 8 heteroatoms. The van der Waals surface area contributed by atoms with Crippen molar-refractivity contribution in [1.82, 2.24) is 4.98 Å². The van der Waals surface area contributed by atoms with E-state index in [1.807, 2.05) is 6.07 Å². The summed E-state index contributed by atoms with van der Waals surface area (Å²) < 4.78 is 44.2. The first-order valence-electron chi connectivity index (χ1n) is 10.4. The van der Waals surface area contributed by atoms with Crippen molar-refractivity contribution in [2.45, 2.75) is 12.1 Å². The van der Waals surface area contributed by atoms with Crippen molar-refractivity contribution in [3.8, 4) is 17.0 Å². The average molecular weight is 466 g/mol. The van der Waals surface area contributed by atoms with Crippen molar-refractivity contribution in [3.05, 3.63) is 90.0 Å². The number of carbonyl (C=O) groups excluding carboxylic acids is 1. The van der Waals surface area contributed by atoms with Gasteiger partial charge in [-0.15, -0.1) is 0 Å². The Morgan fingerprint density at radius 2 is 1.74 bits per heavy atom. The molecule has 0 aliphatic heterocycles. The number of hydrogen-bond donors (Lipinski definition) is 2. The number of alkyl halides is 3. The van der Waals surface area contributed by atoms with Gasteiger partial charge in [0.15, 0.2) is 0 Å². The number of carbonyl (C=O) groups is 1. The molecule has 34 heavy (non-hydrogen) atoms. The number of halogens is 3. The molecule has 4 rings (SSSR count). The number of methoxy groups -OCH3 is 1. The third-order valence-electron chi connectivity index (χ3n) is 5.47. The van der Waals surface area contributed by atoms with Crippen LogP contribution in [0.15, 0.2) is 78.9 Å². The molecule has 0 fully saturated rings. The van der Waals surface area contributed by atoms with Gasteiger partial charge in [-0.3, -0.25) is 4.79 Å². The molecule has 174 valence electrons. The van der Waals surface area contributed by atoms with E-state index < -0.39 is 17.7 Å². The second-order valence-corrected chi connectivity index (χ2v) is 7.65. The molecular formula is C26H21F3N2O3. The summed E-state index contributed by atoms with van der Waals surface area (Å²) in [6.45, 7) is -0.354. The molecule has 1 atom stereocenters. The number of fused-ring (bicyclic) bond motifs is 1. The number of aromatic nitrogens is 1. The summed E-state index contributed by atoms with van der Waals surface area (Å²) in [6, 6.07) is 20.4. The predicted molar refractivity (Wildman–Crippen MR) is 124 cm³/mol. The van der Waals surface area contributed by atoms with Crippen LogP contribution in [0.5, 0.6) is 5.75 Å². The fourth-order valence-electron chi connectivity index (χ4n) is 3.68. The van der Waals surface area contributed by atoms with Crippen LogP contribution in [0.4, 0.5) is 18.9 Å². The number of nitrogens with zero attached hydrogens (tertiary/aromatic N) is 1. The number of aliphatic hydroxyl groups excluding tert-OH is 1. The Kier molecular flexibility index (Phi) is 6.51. The normalized spacial score (nSPS) is 12.4. The van der Waals surface area contributed by atoms with Gasteiger partial charge in [0.1, 0.15) is 5.75 Å². The van der Waals surface area contributed by atoms with Crippen LogP contribution in [0.1, 0.15) is 17.0 Å². The Hall–Kier alpha value is -3.91. The van der Waals surface area contributed by atoms with Gasteiger partial charge in [-0.25, -0.2) is 4.98 Å². The lowest BCUT2D eigenvalue weighted by Crippen LogP contribution is -2.23. The van der Waals surface area contributed by atoms with Crippen molar-refractivity contribution in [2.24, 2.45) is 0 Å². The van der Waals surface area contributed by atoms with Crippen molar-refractivity contribution in [1.29, 1.82) is 0 Å². The first kappa shape index (κ1) is 23.3. The van der Waals surface area contributed by atoms with Gasteiger partial charge >= 0.3 is 6.18 Å². The summed E-state index contributed by atoms with van der Waals surface area (Å²) in [5, 5.41) is 13.2. The highest BCUT2D eigenvalue weighted by Crippen LogP contribution is 2.34. The van der Waals surface area contributed by atoms with E-state index in [0.29, 0.717) is 39.2 Å². The minimum absolute atomic E-state index is 0.354. The summed E-state index contributed by atoms with van der Waals surface area (Å²) >= 11 is 0. The van der Waals surface area contributed by atoms with Crippen LogP contribution in [0.3, 0.4) is 0 Å². The van der Waals surface area contributed by atoms with E-state index in [0.717, 1.165) is 12.1 Å². The molecule has 0 unspecified atom stereocenters. The van der Waals surface area contributed by atoms with Gasteiger partial charge < -0.3 is 15.2 Å². The molecule has 1 heterocycles. The highest BCUT2D eigenvalue weighted by molar-refractivity contribution is 5.98. The number of ether oxygens (including phenoxy) is 1. The highest BCUT2D eigenvalue weighted by atomic mass is 19.4. The minimum atomic E-state index is -4.42. The molecule has 0 spiro atoms. The molecule has 1 amide bonds. The van der Waals surface area contributed by atoms with E-state index in [1.165, 1.54) is 19.2 Å². The number of aliphatic hydroxyl groups is 1. The molecule has 1 aromatic heterocycles. The summed E-state index contributed by atoms with van der Waals surface area (Å²) in [5.74, 6) is -0.618. The first-order valence-corrected chi connectivity index (χ1v) is 10.4. The standard InChI is InChI=1S/C26H21F3N2O3/c1-34-24-14-22(17-7-9-18(10-8-17)26(27,28)29)31-23-13-19(11-12-20(23)24)30-25(33)21(15-32)16-5-3-2-4-6-16/h2-14,21,32H,15H2,1H3,(H,30,33)/t21-/m0/s1. The summed E-state index contributed by atoms with van der Waals surface area (Å²) in [6.07, 6.45) is -4.42. The van der Waals surface area contributed by atoms with Crippen LogP contribution >= 0.6 is 0 Å². The van der Waals surface area contributed by atoms with Gasteiger partial charge in [0.2, 0.25) is 5.91 Å². The van der Waals surface area contributed by atoms with E-state index in [1.54, 1.807) is 48.5 Å². The quantitative estimate of drug-likeness (QED) is 0.386. The number of hydrogen-bond acceptors (Lipinski definition) is 4. The lowest BCUT2D eigenvalue weighted by Gasteiger charge is -2.16. The first-order chi connectivity index (χ1) is 16.3. The van der Waals surface area contributed by atoms with E-state index in [4.69, 9.17) is 4.74 Å². The lowest BCUT2D eigenvalue weighted by molar-refractivity contribution is -0.137. The van der Waals surface area contributed by atoms with E-state index >= 15 is 0 Å². The van der Waals surface area contributed by atoms with E-state index in [-0.39, 0.29) is 12.5 Å². The maximum atomic E-state index is 12.9. The molecule has 5 nitrogen and oxygen atoms in total. The number of nitrogens with one attached hydrogen (secondary N) is 1. The SMILES string of the molecule is COc1cc(-c2ccc(C(F)(F)F)cc2)nc2cc(NC(=O)[C@@H](CO)c3ccccc3)ccc12. The van der Waals surface area contributed by atoms with Gasteiger partial charge in [0.05, 0.1) is 36.4 Å². The molecule has 0 aliphatic carbocycles. The van der Waals surface area contributed by atoms with Gasteiger partial charge in [0, 0.05) is 22.7 Å². The van der Waals surface area contributed by atoms with Crippen LogP contribution in [0.2, 0.25) is 0 Å². The number of anilines is 1. The molecule has 3 aromatic carbocycles. The second kappa shape index (κ2) is 9.52. The Morgan fingerprint density at radius 1 is 1.03 bits per heavy atom. The van der Waals surface area contributed by atoms with Gasteiger partial charge in [-0.2, -0.15) is 13.2 Å². The maximum Gasteiger partial charge on any atom is 0.416 e. The van der Waals surface area contributed by atoms with Crippen LogP contribution in [-0.4, -0.2) is 29.7 Å². The summed E-state index contributed by atoms with van der Waals surface area (Å²) in [7, 11) is 1.49. The Morgan fingerprint density at radius 3 is 2.35 bits per heavy atom. The van der Waals surface area contributed by atoms with Crippen LogP contribution in [0.25, 0.3) is 22.2 Å². The number of pyridine rings is 1. The molecule has 0 aliphatic rings. The van der Waals surface area contributed by atoms with Crippen molar-refractivity contribution in [2.75, 3.05) is 19.0 Å². The molecule has 0 bridgehead atoms. The molecule has 0 saturated carbocycles. The van der Waals surface area contributed by atoms with Gasteiger partial charge in [-0.1, -0.05) is 42.5 Å². The molecule has 4 aromatic rings. The Balaban J connectivity index is 1.67. The predicted octanol–water partition coefficient (Wildman–Crippen LogP) is 5.64. The van der Waals surface area contributed by atoms with E-state index in [9.17, 15) is 23.1 Å². The highest BCUT2D eigenvalue weighted by Gasteiger charge is 2.30. The van der Waals surface area contributed by atoms with Crippen LogP contribution in [-0.2, 0) is 11.0 Å². The largest absolute Gasteiger partial charge is 0.496 e. The van der Waals surface area contributed by atoms with E-state index in [2.05, 4.69) is 10.3 Å². The van der Waals surface area contributed by atoms with Crippen molar-refractivity contribution in [3.63, 3.8) is 0 Å². The smallest absolute Gasteiger partial charge is 0.416 e. The number of amides is 1. The molecular weight excluding hydrogens is 445 g/mol. The third kappa shape index (κ3) is 4.87. The molecule has 0 radical (unpaired) electrons. The van der Waals surface area contributed by atoms with Crippen LogP contribution in [0, 0.1) is 0 Å². The van der Waals surface area contributed by atoms with Gasteiger partial charge in [0.25, 0.3) is 0 Å². The lowest BCUT2D eigenvalue weighted by atomic mass is 9.99. The fraction of sp³-hybridized carbons (Fsp3) is 0.154. The van der Waals surface area contributed by atoms with Gasteiger partial charge in [-0.05, 0) is 35.9 Å². The zero-order chi connectivity index (χ0) is 24.3. The zero-order valence-corrected chi connectivity index (χ0v) is 18.1. The topological polar surface area (TPSA) is 71.5 Å². The second-order valence-electron chi connectivity index (χ2n) is 7.65. The molecule has 2 N–H and O–H groups in total. The maximum absolute atomic E-state index is 12.9. The summed E-state index contributed by atoms with van der Waals surface area (Å²) in [4.78, 5) is 17.4. The van der Waals surface area contributed by atoms with Crippen molar-refractivity contribution >= 4 is 22.5 Å². The number of benzene rings is 3. The monoisotopic (exact) mass is 466 g/mol.